The number of piperazine rings is 1. The molecule has 0 N–H and O–H groups in total. The SMILES string of the molecule is C/C=C/C(=O)OCCOCCOCCOCCOC(=O)/C=C/N(C)CCCN1CCN(C)CC1. The Bertz CT molecular complexity index is 593. The van der Waals surface area contributed by atoms with Crippen LogP contribution in [-0.2, 0) is 33.3 Å². The Morgan fingerprint density at radius 1 is 0.794 bits per heavy atom. The Labute approximate surface area is 204 Å². The third-order valence-electron chi connectivity index (χ3n) is 5.04. The van der Waals surface area contributed by atoms with E-state index >= 15 is 0 Å². The van der Waals surface area contributed by atoms with Gasteiger partial charge in [0.25, 0.3) is 0 Å². The molecular weight excluding hydrogens is 442 g/mol. The zero-order valence-electron chi connectivity index (χ0n) is 21.1. The highest BCUT2D eigenvalue weighted by Crippen LogP contribution is 2.01. The summed E-state index contributed by atoms with van der Waals surface area (Å²) in [6, 6.07) is 0. The number of carbonyl (C=O) groups excluding carboxylic acids is 2. The molecule has 196 valence electrons. The van der Waals surface area contributed by atoms with Gasteiger partial charge in [0, 0.05) is 58.1 Å². The van der Waals surface area contributed by atoms with E-state index in [1.807, 2.05) is 11.9 Å². The van der Waals surface area contributed by atoms with Crippen molar-refractivity contribution in [2.75, 3.05) is 106 Å². The topological polar surface area (TPSA) is 90.0 Å². The molecule has 0 amide bonds. The fourth-order valence-electron chi connectivity index (χ4n) is 3.05. The quantitative estimate of drug-likeness (QED) is 0.149. The largest absolute Gasteiger partial charge is 0.460 e. The lowest BCUT2D eigenvalue weighted by Crippen LogP contribution is -2.45. The van der Waals surface area contributed by atoms with Gasteiger partial charge in [-0.05, 0) is 26.9 Å². The molecule has 10 heteroatoms. The maximum Gasteiger partial charge on any atom is 0.332 e. The van der Waals surface area contributed by atoms with Crippen LogP contribution in [0.25, 0.3) is 0 Å². The monoisotopic (exact) mass is 485 g/mol. The first-order valence-corrected chi connectivity index (χ1v) is 12.0. The highest BCUT2D eigenvalue weighted by Gasteiger charge is 2.12. The van der Waals surface area contributed by atoms with E-state index < -0.39 is 0 Å². The van der Waals surface area contributed by atoms with Crippen LogP contribution in [0.2, 0.25) is 0 Å². The summed E-state index contributed by atoms with van der Waals surface area (Å²) in [5.74, 6) is -0.750. The van der Waals surface area contributed by atoms with Crippen molar-refractivity contribution in [2.24, 2.45) is 0 Å². The van der Waals surface area contributed by atoms with Gasteiger partial charge in [0.2, 0.25) is 0 Å². The van der Waals surface area contributed by atoms with Gasteiger partial charge in [-0.2, -0.15) is 0 Å². The smallest absolute Gasteiger partial charge is 0.332 e. The Kier molecular flexibility index (Phi) is 18.0. The highest BCUT2D eigenvalue weighted by molar-refractivity contribution is 5.82. The zero-order valence-corrected chi connectivity index (χ0v) is 21.1. The van der Waals surface area contributed by atoms with Crippen molar-refractivity contribution in [3.05, 3.63) is 24.4 Å². The second kappa shape index (κ2) is 20.4. The van der Waals surface area contributed by atoms with E-state index in [0.29, 0.717) is 39.6 Å². The van der Waals surface area contributed by atoms with Crippen molar-refractivity contribution >= 4 is 11.9 Å². The molecule has 0 unspecified atom stereocenters. The normalized spacial score (nSPS) is 15.3. The summed E-state index contributed by atoms with van der Waals surface area (Å²) in [7, 11) is 4.12. The van der Waals surface area contributed by atoms with E-state index in [0.717, 1.165) is 45.7 Å². The fraction of sp³-hybridized carbons (Fsp3) is 0.750. The van der Waals surface area contributed by atoms with Crippen molar-refractivity contribution < 1.29 is 33.3 Å². The molecule has 0 bridgehead atoms. The minimum atomic E-state index is -0.376. The van der Waals surface area contributed by atoms with E-state index in [1.165, 1.54) is 12.2 Å². The predicted molar refractivity (Wildman–Crippen MR) is 130 cm³/mol. The number of ether oxygens (including phenoxy) is 5. The van der Waals surface area contributed by atoms with Crippen molar-refractivity contribution in [3.8, 4) is 0 Å². The lowest BCUT2D eigenvalue weighted by atomic mass is 10.3. The van der Waals surface area contributed by atoms with Gasteiger partial charge in [0.05, 0.1) is 39.6 Å². The molecule has 0 aromatic heterocycles. The molecule has 34 heavy (non-hydrogen) atoms. The lowest BCUT2D eigenvalue weighted by molar-refractivity contribution is -0.140. The van der Waals surface area contributed by atoms with Crippen LogP contribution < -0.4 is 0 Å². The molecule has 1 aliphatic heterocycles. The van der Waals surface area contributed by atoms with Gasteiger partial charge in [-0.15, -0.1) is 0 Å². The Morgan fingerprint density at radius 3 is 1.82 bits per heavy atom. The molecule has 0 aliphatic carbocycles. The van der Waals surface area contributed by atoms with Crippen LogP contribution in [0.5, 0.6) is 0 Å². The number of esters is 2. The van der Waals surface area contributed by atoms with Crippen molar-refractivity contribution in [3.63, 3.8) is 0 Å². The van der Waals surface area contributed by atoms with Gasteiger partial charge in [-0.3, -0.25) is 0 Å². The Hall–Kier alpha value is -1.98. The minimum absolute atomic E-state index is 0.200. The van der Waals surface area contributed by atoms with Crippen molar-refractivity contribution in [1.82, 2.24) is 14.7 Å². The van der Waals surface area contributed by atoms with Crippen molar-refractivity contribution in [2.45, 2.75) is 13.3 Å². The number of allylic oxidation sites excluding steroid dienone is 1. The molecular formula is C24H43N3O7. The van der Waals surface area contributed by atoms with Gasteiger partial charge in [-0.1, -0.05) is 6.08 Å². The Balaban J connectivity index is 1.86. The number of hydrogen-bond acceptors (Lipinski definition) is 10. The number of rotatable bonds is 19. The molecule has 0 radical (unpaired) electrons. The van der Waals surface area contributed by atoms with Crippen LogP contribution in [0.1, 0.15) is 13.3 Å². The molecule has 0 saturated carbocycles. The zero-order chi connectivity index (χ0) is 24.9. The number of carbonyl (C=O) groups is 2. The summed E-state index contributed by atoms with van der Waals surface area (Å²) in [4.78, 5) is 29.7. The molecule has 10 nitrogen and oxygen atoms in total. The summed E-state index contributed by atoms with van der Waals surface area (Å²) in [6.07, 6.45) is 7.25. The summed E-state index contributed by atoms with van der Waals surface area (Å²) < 4.78 is 26.0. The maximum absolute atomic E-state index is 11.8. The molecule has 0 aromatic carbocycles. The molecule has 1 fully saturated rings. The van der Waals surface area contributed by atoms with Crippen LogP contribution in [0.15, 0.2) is 24.4 Å². The van der Waals surface area contributed by atoms with Crippen LogP contribution in [0.4, 0.5) is 0 Å². The highest BCUT2D eigenvalue weighted by atomic mass is 16.6. The van der Waals surface area contributed by atoms with E-state index in [9.17, 15) is 9.59 Å². The lowest BCUT2D eigenvalue weighted by Gasteiger charge is -2.32. The summed E-state index contributed by atoms with van der Waals surface area (Å²) >= 11 is 0. The third kappa shape index (κ3) is 17.5. The standard InChI is InChI=1S/C24H43N3O7/c1-4-6-23(28)33-21-19-31-17-15-30-16-18-32-20-22-34-24(29)7-10-25(2)8-5-9-27-13-11-26(3)12-14-27/h4,6-7,10H,5,8-9,11-22H2,1-3H3/b6-4+,10-7+. The minimum Gasteiger partial charge on any atom is -0.460 e. The number of nitrogens with zero attached hydrogens (tertiary/aromatic N) is 3. The molecule has 0 atom stereocenters. The average Bonchev–Trinajstić information content (AvgIpc) is 2.82. The van der Waals surface area contributed by atoms with Crippen LogP contribution in [0.3, 0.4) is 0 Å². The molecule has 0 spiro atoms. The van der Waals surface area contributed by atoms with Gasteiger partial charge < -0.3 is 38.4 Å². The molecule has 1 aliphatic rings. The van der Waals surface area contributed by atoms with Gasteiger partial charge in [-0.25, -0.2) is 9.59 Å². The third-order valence-corrected chi connectivity index (χ3v) is 5.04. The first-order valence-electron chi connectivity index (χ1n) is 12.0. The molecule has 1 saturated heterocycles. The van der Waals surface area contributed by atoms with Crippen LogP contribution in [0, 0.1) is 0 Å². The number of likely N-dealkylation sites (N-methyl/N-ethyl adjacent to an activating group) is 1. The molecule has 0 aromatic rings. The fourth-order valence-corrected chi connectivity index (χ4v) is 3.05. The van der Waals surface area contributed by atoms with E-state index in [-0.39, 0.29) is 25.2 Å². The second-order valence-corrected chi connectivity index (χ2v) is 7.97. The van der Waals surface area contributed by atoms with E-state index in [2.05, 4.69) is 16.8 Å². The van der Waals surface area contributed by atoms with E-state index in [4.69, 9.17) is 23.7 Å². The van der Waals surface area contributed by atoms with Gasteiger partial charge in [0.1, 0.15) is 13.2 Å². The predicted octanol–water partition coefficient (Wildman–Crippen LogP) is 0.782. The molecule has 1 rings (SSSR count). The van der Waals surface area contributed by atoms with Crippen LogP contribution >= 0.6 is 0 Å². The van der Waals surface area contributed by atoms with Crippen LogP contribution in [-0.4, -0.2) is 133 Å². The summed E-state index contributed by atoms with van der Waals surface area (Å²) in [6.45, 7) is 11.0. The average molecular weight is 486 g/mol. The maximum atomic E-state index is 11.8. The summed E-state index contributed by atoms with van der Waals surface area (Å²) in [5.41, 5.74) is 0. The van der Waals surface area contributed by atoms with Crippen molar-refractivity contribution in [1.29, 1.82) is 0 Å². The first kappa shape index (κ1) is 30.1. The van der Waals surface area contributed by atoms with Gasteiger partial charge in [0.15, 0.2) is 0 Å². The van der Waals surface area contributed by atoms with E-state index in [1.54, 1.807) is 19.2 Å². The van der Waals surface area contributed by atoms with Gasteiger partial charge >= 0.3 is 11.9 Å². The Morgan fingerprint density at radius 2 is 1.29 bits per heavy atom. The molecule has 1 heterocycles. The summed E-state index contributed by atoms with van der Waals surface area (Å²) in [5, 5.41) is 0. The second-order valence-electron chi connectivity index (χ2n) is 7.97. The first-order chi connectivity index (χ1) is 16.5. The number of hydrogen-bond donors (Lipinski definition) is 0.